The zero-order valence-corrected chi connectivity index (χ0v) is 18.8. The molecular weight excluding hydrogens is 364 g/mol. The van der Waals surface area contributed by atoms with Crippen LogP contribution in [0.2, 0.25) is 0 Å². The number of carboxylic acid groups (broad SMARTS) is 2. The van der Waals surface area contributed by atoms with E-state index in [4.69, 9.17) is 0 Å². The summed E-state index contributed by atoms with van der Waals surface area (Å²) in [5, 5.41) is 19.3. The number of hydrogen-bond donors (Lipinski definition) is 2. The molecule has 0 spiro atoms. The summed E-state index contributed by atoms with van der Waals surface area (Å²) in [5.41, 5.74) is 1.69. The van der Waals surface area contributed by atoms with Crippen LogP contribution in [-0.2, 0) is 12.8 Å². The number of hydrogen-bond acceptors (Lipinski definition) is 2. The molecule has 0 saturated carbocycles. The number of carbonyl (C=O) groups is 2. The minimum absolute atomic E-state index is 0.00234. The molecule has 0 fully saturated rings. The molecule has 0 aliphatic carbocycles. The molecule has 0 saturated heterocycles. The maximum atomic E-state index is 12.0. The van der Waals surface area contributed by atoms with Crippen molar-refractivity contribution in [3.8, 4) is 0 Å². The summed E-state index contributed by atoms with van der Waals surface area (Å²) in [6.45, 7) is 8.82. The second-order valence-corrected chi connectivity index (χ2v) is 8.70. The van der Waals surface area contributed by atoms with Gasteiger partial charge in [-0.25, -0.2) is 9.59 Å². The van der Waals surface area contributed by atoms with Crippen molar-refractivity contribution in [3.05, 3.63) is 34.4 Å². The van der Waals surface area contributed by atoms with Gasteiger partial charge in [-0.1, -0.05) is 85.1 Å². The van der Waals surface area contributed by atoms with E-state index >= 15 is 0 Å². The van der Waals surface area contributed by atoms with Crippen LogP contribution in [0.3, 0.4) is 0 Å². The number of carboxylic acids is 2. The van der Waals surface area contributed by atoms with E-state index in [1.165, 1.54) is 25.3 Å². The van der Waals surface area contributed by atoms with Gasteiger partial charge in [0, 0.05) is 0 Å². The summed E-state index contributed by atoms with van der Waals surface area (Å²) in [6.07, 6.45) is 11.5. The molecule has 0 amide bonds. The minimum Gasteiger partial charge on any atom is -0.478 e. The fourth-order valence-electron chi connectivity index (χ4n) is 4.05. The second-order valence-electron chi connectivity index (χ2n) is 8.70. The van der Waals surface area contributed by atoms with Crippen molar-refractivity contribution in [1.82, 2.24) is 0 Å². The molecule has 29 heavy (non-hydrogen) atoms. The summed E-state index contributed by atoms with van der Waals surface area (Å²) in [5.74, 6) is -1.07. The summed E-state index contributed by atoms with van der Waals surface area (Å²) < 4.78 is 0. The predicted molar refractivity (Wildman–Crippen MR) is 119 cm³/mol. The molecule has 0 heterocycles. The van der Waals surface area contributed by atoms with Crippen LogP contribution in [0.4, 0.5) is 0 Å². The van der Waals surface area contributed by atoms with Crippen LogP contribution in [0.25, 0.3) is 0 Å². The Bertz CT molecular complexity index is 648. The van der Waals surface area contributed by atoms with Gasteiger partial charge in [-0.15, -0.1) is 0 Å². The molecule has 0 bridgehead atoms. The number of aromatic carboxylic acids is 2. The molecule has 164 valence electrons. The number of unbranched alkanes of at least 4 members (excludes halogenated alkanes) is 4. The fourth-order valence-corrected chi connectivity index (χ4v) is 4.05. The Morgan fingerprint density at radius 1 is 0.897 bits per heavy atom. The standard InChI is InChI=1S/C25H40O4/c1-5-7-13-19(6-2)17-20-15-16-22(24(26)27)23(25(28)29)21(20)14-11-9-8-10-12-18(3)4/h15-16,18-19H,5-14,17H2,1-4H3,(H,26,27)(H,28,29). The highest BCUT2D eigenvalue weighted by Crippen LogP contribution is 2.27. The van der Waals surface area contributed by atoms with Gasteiger partial charge in [-0.2, -0.15) is 0 Å². The van der Waals surface area contributed by atoms with Gasteiger partial charge < -0.3 is 10.2 Å². The zero-order valence-electron chi connectivity index (χ0n) is 18.8. The summed E-state index contributed by atoms with van der Waals surface area (Å²) in [4.78, 5) is 23.6. The van der Waals surface area contributed by atoms with Crippen molar-refractivity contribution in [1.29, 1.82) is 0 Å². The third-order valence-corrected chi connectivity index (χ3v) is 5.86. The number of benzene rings is 1. The maximum absolute atomic E-state index is 12.0. The maximum Gasteiger partial charge on any atom is 0.336 e. The average molecular weight is 405 g/mol. The van der Waals surface area contributed by atoms with Gasteiger partial charge in [0.2, 0.25) is 0 Å². The van der Waals surface area contributed by atoms with Crippen molar-refractivity contribution in [2.45, 2.75) is 98.3 Å². The molecule has 4 nitrogen and oxygen atoms in total. The van der Waals surface area contributed by atoms with Gasteiger partial charge in [0.15, 0.2) is 0 Å². The highest BCUT2D eigenvalue weighted by Gasteiger charge is 2.23. The van der Waals surface area contributed by atoms with Gasteiger partial charge >= 0.3 is 11.9 Å². The zero-order chi connectivity index (χ0) is 21.8. The van der Waals surface area contributed by atoms with Crippen molar-refractivity contribution in [3.63, 3.8) is 0 Å². The van der Waals surface area contributed by atoms with Crippen LogP contribution < -0.4 is 0 Å². The van der Waals surface area contributed by atoms with E-state index in [2.05, 4.69) is 27.7 Å². The Hall–Kier alpha value is -1.84. The average Bonchev–Trinajstić information content (AvgIpc) is 2.67. The minimum atomic E-state index is -1.16. The van der Waals surface area contributed by atoms with Gasteiger partial charge in [-0.3, -0.25) is 0 Å². The highest BCUT2D eigenvalue weighted by molar-refractivity contribution is 6.03. The molecule has 1 unspecified atom stereocenters. The Labute approximate surface area is 176 Å². The van der Waals surface area contributed by atoms with E-state index in [0.717, 1.165) is 56.1 Å². The topological polar surface area (TPSA) is 74.6 Å². The SMILES string of the molecule is CCCCC(CC)Cc1ccc(C(=O)O)c(C(=O)O)c1CCCCCCC(C)C. The van der Waals surface area contributed by atoms with Crippen LogP contribution in [0.5, 0.6) is 0 Å². The van der Waals surface area contributed by atoms with Gasteiger partial charge in [0.1, 0.15) is 0 Å². The van der Waals surface area contributed by atoms with E-state index < -0.39 is 11.9 Å². The van der Waals surface area contributed by atoms with E-state index in [-0.39, 0.29) is 11.1 Å². The molecule has 1 aromatic carbocycles. The Morgan fingerprint density at radius 3 is 2.14 bits per heavy atom. The van der Waals surface area contributed by atoms with Crippen LogP contribution >= 0.6 is 0 Å². The molecule has 2 N–H and O–H groups in total. The predicted octanol–water partition coefficient (Wildman–Crippen LogP) is 6.99. The molecule has 0 radical (unpaired) electrons. The Morgan fingerprint density at radius 2 is 1.59 bits per heavy atom. The monoisotopic (exact) mass is 404 g/mol. The highest BCUT2D eigenvalue weighted by atomic mass is 16.4. The quantitative estimate of drug-likeness (QED) is 0.309. The lowest BCUT2D eigenvalue weighted by Crippen LogP contribution is -2.15. The van der Waals surface area contributed by atoms with E-state index in [0.29, 0.717) is 18.3 Å². The first-order valence-corrected chi connectivity index (χ1v) is 11.4. The smallest absolute Gasteiger partial charge is 0.336 e. The largest absolute Gasteiger partial charge is 0.478 e. The van der Waals surface area contributed by atoms with Crippen molar-refractivity contribution < 1.29 is 19.8 Å². The molecule has 4 heteroatoms. The summed E-state index contributed by atoms with van der Waals surface area (Å²) in [6, 6.07) is 3.35. The van der Waals surface area contributed by atoms with Crippen LogP contribution in [0.1, 0.15) is 117 Å². The van der Waals surface area contributed by atoms with Crippen molar-refractivity contribution >= 4 is 11.9 Å². The van der Waals surface area contributed by atoms with Gasteiger partial charge in [-0.05, 0) is 48.3 Å². The molecule has 0 aliphatic rings. The van der Waals surface area contributed by atoms with Crippen LogP contribution in [0, 0.1) is 11.8 Å². The first kappa shape index (κ1) is 25.2. The van der Waals surface area contributed by atoms with E-state index in [9.17, 15) is 19.8 Å². The van der Waals surface area contributed by atoms with Gasteiger partial charge in [0.25, 0.3) is 0 Å². The van der Waals surface area contributed by atoms with Crippen LogP contribution in [0.15, 0.2) is 12.1 Å². The van der Waals surface area contributed by atoms with Crippen molar-refractivity contribution in [2.24, 2.45) is 11.8 Å². The Kier molecular flexibility index (Phi) is 11.6. The van der Waals surface area contributed by atoms with E-state index in [1.807, 2.05) is 6.07 Å². The molecular formula is C25H40O4. The Balaban J connectivity index is 3.05. The summed E-state index contributed by atoms with van der Waals surface area (Å²) >= 11 is 0. The molecule has 0 aromatic heterocycles. The van der Waals surface area contributed by atoms with E-state index in [1.54, 1.807) is 0 Å². The molecule has 0 aliphatic heterocycles. The normalized spacial score (nSPS) is 12.3. The van der Waals surface area contributed by atoms with Crippen molar-refractivity contribution in [2.75, 3.05) is 0 Å². The molecule has 1 aromatic rings. The first-order valence-electron chi connectivity index (χ1n) is 11.4. The third-order valence-electron chi connectivity index (χ3n) is 5.86. The molecule has 1 atom stereocenters. The number of rotatable bonds is 15. The summed E-state index contributed by atoms with van der Waals surface area (Å²) in [7, 11) is 0. The lowest BCUT2D eigenvalue weighted by molar-refractivity contribution is 0.0650. The lowest BCUT2D eigenvalue weighted by atomic mass is 9.85. The van der Waals surface area contributed by atoms with Crippen LogP contribution in [-0.4, -0.2) is 22.2 Å². The lowest BCUT2D eigenvalue weighted by Gasteiger charge is -2.20. The fraction of sp³-hybridized carbons (Fsp3) is 0.680. The third kappa shape index (κ3) is 8.59. The van der Waals surface area contributed by atoms with Gasteiger partial charge in [0.05, 0.1) is 11.1 Å². The molecule has 1 rings (SSSR count). The second kappa shape index (κ2) is 13.4. The first-order chi connectivity index (χ1) is 13.8.